The Bertz CT molecular complexity index is 477. The molecule has 0 aliphatic carbocycles. The number of amides is 2. The molecule has 88 valence electrons. The van der Waals surface area contributed by atoms with E-state index in [1.807, 2.05) is 18.2 Å². The fraction of sp³-hybridized carbons (Fsp3) is 0.308. The molecule has 2 amide bonds. The van der Waals surface area contributed by atoms with E-state index in [2.05, 4.69) is 11.2 Å². The van der Waals surface area contributed by atoms with Crippen LogP contribution in [0.2, 0.25) is 0 Å². The number of methoxy groups -OCH3 is 1. The van der Waals surface area contributed by atoms with Crippen LogP contribution in [0, 0.1) is 12.3 Å². The van der Waals surface area contributed by atoms with Gasteiger partial charge in [-0.3, -0.25) is 4.90 Å². The van der Waals surface area contributed by atoms with Crippen LogP contribution in [0.5, 0.6) is 5.75 Å². The normalized spacial score (nSPS) is 12.8. The topological polar surface area (TPSA) is 41.6 Å². The molecule has 1 N–H and O–H groups in total. The number of hydrogen-bond donors (Lipinski definition) is 1. The zero-order valence-corrected chi connectivity index (χ0v) is 9.69. The van der Waals surface area contributed by atoms with Crippen molar-refractivity contribution in [1.29, 1.82) is 0 Å². The maximum Gasteiger partial charge on any atom is 0.322 e. The molecule has 0 fully saturated rings. The van der Waals surface area contributed by atoms with Gasteiger partial charge in [0, 0.05) is 12.2 Å². The summed E-state index contributed by atoms with van der Waals surface area (Å²) in [4.78, 5) is 13.5. The van der Waals surface area contributed by atoms with Gasteiger partial charge in [-0.15, -0.1) is 6.42 Å². The van der Waals surface area contributed by atoms with Crippen molar-refractivity contribution < 1.29 is 9.53 Å². The van der Waals surface area contributed by atoms with E-state index < -0.39 is 0 Å². The third-order valence-corrected chi connectivity index (χ3v) is 2.77. The third kappa shape index (κ3) is 2.18. The number of carbonyl (C=O) groups excluding carboxylic acids is 1. The van der Waals surface area contributed by atoms with Crippen LogP contribution < -0.4 is 15.0 Å². The highest BCUT2D eigenvalue weighted by Crippen LogP contribution is 2.31. The average Bonchev–Trinajstić information content (AvgIpc) is 2.78. The summed E-state index contributed by atoms with van der Waals surface area (Å²) in [5.74, 6) is 3.20. The number of rotatable bonds is 2. The van der Waals surface area contributed by atoms with Gasteiger partial charge in [-0.25, -0.2) is 4.79 Å². The summed E-state index contributed by atoms with van der Waals surface area (Å²) in [6.07, 6.45) is 5.95. The van der Waals surface area contributed by atoms with Crippen LogP contribution in [-0.4, -0.2) is 26.2 Å². The number of anilines is 1. The molecule has 17 heavy (non-hydrogen) atoms. The molecule has 0 saturated carbocycles. The minimum atomic E-state index is -0.146. The van der Waals surface area contributed by atoms with Crippen LogP contribution >= 0.6 is 0 Å². The molecule has 0 bridgehead atoms. The van der Waals surface area contributed by atoms with Crippen LogP contribution in [0.25, 0.3) is 0 Å². The van der Waals surface area contributed by atoms with Gasteiger partial charge in [0.05, 0.1) is 13.7 Å². The summed E-state index contributed by atoms with van der Waals surface area (Å²) in [5.41, 5.74) is 2.06. The molecule has 0 aromatic heterocycles. The molecule has 0 spiro atoms. The SMILES string of the molecule is C#CCNC(=O)N1CCc2cc(OC)ccc21. The second kappa shape index (κ2) is 4.79. The van der Waals surface area contributed by atoms with Crippen molar-refractivity contribution in [3.05, 3.63) is 23.8 Å². The highest BCUT2D eigenvalue weighted by Gasteiger charge is 2.24. The van der Waals surface area contributed by atoms with Crippen molar-refractivity contribution in [3.63, 3.8) is 0 Å². The summed E-state index contributed by atoms with van der Waals surface area (Å²) in [5, 5.41) is 2.66. The zero-order chi connectivity index (χ0) is 12.3. The Morgan fingerprint density at radius 3 is 3.18 bits per heavy atom. The molecule has 1 heterocycles. The highest BCUT2D eigenvalue weighted by molar-refractivity contribution is 5.94. The molecule has 4 heteroatoms. The van der Waals surface area contributed by atoms with Crippen molar-refractivity contribution in [1.82, 2.24) is 5.32 Å². The Kier molecular flexibility index (Phi) is 3.20. The van der Waals surface area contributed by atoms with Crippen LogP contribution in [0.3, 0.4) is 0 Å². The van der Waals surface area contributed by atoms with Crippen LogP contribution in [0.15, 0.2) is 18.2 Å². The molecular weight excluding hydrogens is 216 g/mol. The van der Waals surface area contributed by atoms with Crippen molar-refractivity contribution in [2.45, 2.75) is 6.42 Å². The molecule has 0 unspecified atom stereocenters. The van der Waals surface area contributed by atoms with Gasteiger partial charge >= 0.3 is 6.03 Å². The smallest absolute Gasteiger partial charge is 0.322 e. The molecule has 1 aromatic carbocycles. The van der Waals surface area contributed by atoms with Gasteiger partial charge in [-0.05, 0) is 30.2 Å². The number of fused-ring (bicyclic) bond motifs is 1. The Morgan fingerprint density at radius 1 is 1.65 bits per heavy atom. The number of hydrogen-bond acceptors (Lipinski definition) is 2. The summed E-state index contributed by atoms with van der Waals surface area (Å²) in [6.45, 7) is 0.930. The second-order valence-corrected chi connectivity index (χ2v) is 3.76. The highest BCUT2D eigenvalue weighted by atomic mass is 16.5. The van der Waals surface area contributed by atoms with Gasteiger partial charge in [-0.2, -0.15) is 0 Å². The number of carbonyl (C=O) groups is 1. The number of benzene rings is 1. The maximum atomic E-state index is 11.8. The van der Waals surface area contributed by atoms with Crippen molar-refractivity contribution in [3.8, 4) is 18.1 Å². The minimum absolute atomic E-state index is 0.146. The van der Waals surface area contributed by atoms with E-state index >= 15 is 0 Å². The number of ether oxygens (including phenoxy) is 1. The Hall–Kier alpha value is -2.15. The van der Waals surface area contributed by atoms with Crippen molar-refractivity contribution in [2.24, 2.45) is 0 Å². The van der Waals surface area contributed by atoms with Gasteiger partial charge in [0.2, 0.25) is 0 Å². The lowest BCUT2D eigenvalue weighted by molar-refractivity contribution is 0.248. The monoisotopic (exact) mass is 230 g/mol. The van der Waals surface area contributed by atoms with Gasteiger partial charge in [-0.1, -0.05) is 5.92 Å². The summed E-state index contributed by atoms with van der Waals surface area (Å²) >= 11 is 0. The Morgan fingerprint density at radius 2 is 2.47 bits per heavy atom. The molecule has 1 aliphatic heterocycles. The molecule has 1 aliphatic rings. The molecule has 0 saturated heterocycles. The fourth-order valence-electron chi connectivity index (χ4n) is 1.94. The van der Waals surface area contributed by atoms with E-state index in [0.717, 1.165) is 23.4 Å². The molecule has 2 rings (SSSR count). The van der Waals surface area contributed by atoms with Gasteiger partial charge in [0.25, 0.3) is 0 Å². The molecule has 0 radical (unpaired) electrons. The molecule has 0 atom stereocenters. The van der Waals surface area contributed by atoms with E-state index in [-0.39, 0.29) is 12.6 Å². The lowest BCUT2D eigenvalue weighted by atomic mass is 10.1. The van der Waals surface area contributed by atoms with E-state index in [4.69, 9.17) is 11.2 Å². The number of nitrogens with one attached hydrogen (secondary N) is 1. The third-order valence-electron chi connectivity index (χ3n) is 2.77. The Balaban J connectivity index is 2.17. The maximum absolute atomic E-state index is 11.8. The van der Waals surface area contributed by atoms with Crippen molar-refractivity contribution >= 4 is 11.7 Å². The summed E-state index contributed by atoms with van der Waals surface area (Å²) in [7, 11) is 1.63. The molecular formula is C13H14N2O2. The van der Waals surface area contributed by atoms with Crippen LogP contribution in [0.4, 0.5) is 10.5 Å². The van der Waals surface area contributed by atoms with Crippen LogP contribution in [-0.2, 0) is 6.42 Å². The average molecular weight is 230 g/mol. The standard InChI is InChI=1S/C13H14N2O2/c1-3-7-14-13(16)15-8-6-10-9-11(17-2)4-5-12(10)15/h1,4-5,9H,6-8H2,2H3,(H,14,16). The van der Waals surface area contributed by atoms with Crippen molar-refractivity contribution in [2.75, 3.05) is 25.1 Å². The van der Waals surface area contributed by atoms with E-state index in [0.29, 0.717) is 6.54 Å². The first-order chi connectivity index (χ1) is 8.26. The van der Waals surface area contributed by atoms with E-state index in [1.54, 1.807) is 12.0 Å². The summed E-state index contributed by atoms with van der Waals surface area (Å²) in [6, 6.07) is 5.57. The summed E-state index contributed by atoms with van der Waals surface area (Å²) < 4.78 is 5.15. The molecule has 4 nitrogen and oxygen atoms in total. The van der Waals surface area contributed by atoms with Gasteiger partial charge in [0.15, 0.2) is 0 Å². The lowest BCUT2D eigenvalue weighted by Crippen LogP contribution is -2.39. The quantitative estimate of drug-likeness (QED) is 0.780. The number of urea groups is 1. The minimum Gasteiger partial charge on any atom is -0.497 e. The lowest BCUT2D eigenvalue weighted by Gasteiger charge is -2.17. The second-order valence-electron chi connectivity index (χ2n) is 3.76. The predicted octanol–water partition coefficient (Wildman–Crippen LogP) is 1.40. The largest absolute Gasteiger partial charge is 0.497 e. The van der Waals surface area contributed by atoms with Gasteiger partial charge < -0.3 is 10.1 Å². The fourth-order valence-corrected chi connectivity index (χ4v) is 1.94. The number of terminal acetylenes is 1. The first kappa shape index (κ1) is 11.3. The van der Waals surface area contributed by atoms with E-state index in [1.165, 1.54) is 0 Å². The first-order valence-corrected chi connectivity index (χ1v) is 5.42. The van der Waals surface area contributed by atoms with Crippen LogP contribution in [0.1, 0.15) is 5.56 Å². The molecule has 1 aromatic rings. The first-order valence-electron chi connectivity index (χ1n) is 5.42. The number of nitrogens with zero attached hydrogens (tertiary/aromatic N) is 1. The predicted molar refractivity (Wildman–Crippen MR) is 66.3 cm³/mol. The zero-order valence-electron chi connectivity index (χ0n) is 9.69. The van der Waals surface area contributed by atoms with E-state index in [9.17, 15) is 4.79 Å². The van der Waals surface area contributed by atoms with Gasteiger partial charge in [0.1, 0.15) is 5.75 Å². The Labute approximate surface area is 101 Å².